The fourth-order valence-electron chi connectivity index (χ4n) is 3.11. The van der Waals surface area contributed by atoms with Crippen molar-refractivity contribution in [1.29, 1.82) is 0 Å². The fourth-order valence-corrected chi connectivity index (χ4v) is 3.11. The molecule has 0 saturated carbocycles. The van der Waals surface area contributed by atoms with E-state index in [2.05, 4.69) is 5.32 Å². The second-order valence-electron chi connectivity index (χ2n) is 7.00. The summed E-state index contributed by atoms with van der Waals surface area (Å²) < 4.78 is 21.9. The molecule has 0 spiro atoms. The molecule has 33 heavy (non-hydrogen) atoms. The van der Waals surface area contributed by atoms with E-state index in [-0.39, 0.29) is 29.4 Å². The van der Waals surface area contributed by atoms with Crippen LogP contribution >= 0.6 is 0 Å². The molecule has 3 aromatic rings. The summed E-state index contributed by atoms with van der Waals surface area (Å²) in [5.41, 5.74) is 7.11. The molecule has 0 radical (unpaired) electrons. The number of amides is 2. The molecule has 0 heterocycles. The average Bonchev–Trinajstić information content (AvgIpc) is 2.83. The molecule has 0 atom stereocenters. The minimum absolute atomic E-state index is 0.181. The van der Waals surface area contributed by atoms with E-state index in [9.17, 15) is 9.59 Å². The Balaban J connectivity index is 1.75. The van der Waals surface area contributed by atoms with Gasteiger partial charge in [-0.15, -0.1) is 0 Å². The molecular weight excluding hydrogens is 424 g/mol. The summed E-state index contributed by atoms with van der Waals surface area (Å²) in [6.07, 6.45) is 0.740. The topological polar surface area (TPSA) is 109 Å². The highest BCUT2D eigenvalue weighted by atomic mass is 16.5. The van der Waals surface area contributed by atoms with Crippen molar-refractivity contribution in [2.24, 2.45) is 5.73 Å². The van der Waals surface area contributed by atoms with E-state index in [0.717, 1.165) is 12.0 Å². The lowest BCUT2D eigenvalue weighted by Gasteiger charge is -2.16. The summed E-state index contributed by atoms with van der Waals surface area (Å²) in [5, 5.41) is 2.86. The van der Waals surface area contributed by atoms with Gasteiger partial charge in [-0.1, -0.05) is 42.5 Å². The van der Waals surface area contributed by atoms with E-state index in [1.54, 1.807) is 12.1 Å². The molecule has 0 saturated heterocycles. The van der Waals surface area contributed by atoms with Gasteiger partial charge >= 0.3 is 0 Å². The predicted molar refractivity (Wildman–Crippen MR) is 124 cm³/mol. The Bertz CT molecular complexity index is 1080. The lowest BCUT2D eigenvalue weighted by Crippen LogP contribution is -2.20. The molecule has 0 fully saturated rings. The van der Waals surface area contributed by atoms with E-state index >= 15 is 0 Å². The minimum Gasteiger partial charge on any atom is -0.493 e. The Morgan fingerprint density at radius 2 is 1.48 bits per heavy atom. The molecule has 0 unspecified atom stereocenters. The molecule has 0 aliphatic carbocycles. The molecule has 2 amide bonds. The average molecular weight is 450 g/mol. The van der Waals surface area contributed by atoms with Crippen LogP contribution in [0.15, 0.2) is 66.7 Å². The molecule has 172 valence electrons. The van der Waals surface area contributed by atoms with Crippen LogP contribution in [-0.2, 0) is 11.2 Å². The zero-order chi connectivity index (χ0) is 23.6. The number of nitrogens with one attached hydrogen (secondary N) is 1. The number of hydrogen-bond donors (Lipinski definition) is 2. The van der Waals surface area contributed by atoms with Crippen molar-refractivity contribution in [3.63, 3.8) is 0 Å². The van der Waals surface area contributed by atoms with Crippen LogP contribution < -0.4 is 30.0 Å². The second kappa shape index (κ2) is 11.4. The SMILES string of the molecule is COc1cc(C(=O)Nc2ccccc2OCCc2ccccc2)cc(OC)c1OCC(N)=O. The summed E-state index contributed by atoms with van der Waals surface area (Å²) in [7, 11) is 2.84. The number of primary amides is 1. The van der Waals surface area contributed by atoms with Crippen molar-refractivity contribution in [2.75, 3.05) is 32.8 Å². The maximum atomic E-state index is 13.0. The molecule has 8 nitrogen and oxygen atoms in total. The van der Waals surface area contributed by atoms with Gasteiger partial charge < -0.3 is 30.0 Å². The lowest BCUT2D eigenvalue weighted by atomic mass is 10.1. The molecular formula is C25H26N2O6. The van der Waals surface area contributed by atoms with Crippen LogP contribution in [0.25, 0.3) is 0 Å². The Hall–Kier alpha value is -4.20. The van der Waals surface area contributed by atoms with Gasteiger partial charge in [0.15, 0.2) is 18.1 Å². The monoisotopic (exact) mass is 450 g/mol. The van der Waals surface area contributed by atoms with Crippen molar-refractivity contribution in [3.8, 4) is 23.0 Å². The molecule has 0 aliphatic rings. The first-order valence-corrected chi connectivity index (χ1v) is 10.3. The Kier molecular flexibility index (Phi) is 8.13. The van der Waals surface area contributed by atoms with Gasteiger partial charge in [-0.25, -0.2) is 0 Å². The molecule has 3 aromatic carbocycles. The zero-order valence-corrected chi connectivity index (χ0v) is 18.5. The number of carbonyl (C=O) groups is 2. The van der Waals surface area contributed by atoms with Crippen LogP contribution in [0.1, 0.15) is 15.9 Å². The smallest absolute Gasteiger partial charge is 0.256 e. The summed E-state index contributed by atoms with van der Waals surface area (Å²) in [5.74, 6) is 0.153. The number of benzene rings is 3. The van der Waals surface area contributed by atoms with Crippen molar-refractivity contribution in [2.45, 2.75) is 6.42 Å². The third kappa shape index (κ3) is 6.39. The highest BCUT2D eigenvalue weighted by molar-refractivity contribution is 6.05. The summed E-state index contributed by atoms with van der Waals surface area (Å²) in [6.45, 7) is 0.108. The molecule has 8 heteroatoms. The standard InChI is InChI=1S/C25H26N2O6/c1-30-21-14-18(15-22(31-2)24(21)33-16-23(26)28)25(29)27-19-10-6-7-11-20(19)32-13-12-17-8-4-3-5-9-17/h3-11,14-15H,12-13,16H2,1-2H3,(H2,26,28)(H,27,29). The van der Waals surface area contributed by atoms with Crippen LogP contribution in [-0.4, -0.2) is 39.2 Å². The summed E-state index contributed by atoms with van der Waals surface area (Å²) >= 11 is 0. The van der Waals surface area contributed by atoms with Gasteiger partial charge in [0.25, 0.3) is 11.8 Å². The van der Waals surface area contributed by atoms with Crippen molar-refractivity contribution >= 4 is 17.5 Å². The Morgan fingerprint density at radius 1 is 0.848 bits per heavy atom. The number of ether oxygens (including phenoxy) is 4. The number of anilines is 1. The highest BCUT2D eigenvalue weighted by Crippen LogP contribution is 2.39. The quantitative estimate of drug-likeness (QED) is 0.463. The van der Waals surface area contributed by atoms with Crippen LogP contribution in [0.2, 0.25) is 0 Å². The lowest BCUT2D eigenvalue weighted by molar-refractivity contribution is -0.120. The van der Waals surface area contributed by atoms with Gasteiger partial charge in [0.05, 0.1) is 26.5 Å². The zero-order valence-electron chi connectivity index (χ0n) is 18.5. The van der Waals surface area contributed by atoms with Crippen LogP contribution in [0.5, 0.6) is 23.0 Å². The number of para-hydroxylation sites is 2. The van der Waals surface area contributed by atoms with Gasteiger partial charge in [-0.3, -0.25) is 9.59 Å². The number of rotatable bonds is 11. The minimum atomic E-state index is -0.648. The third-order valence-corrected chi connectivity index (χ3v) is 4.71. The molecule has 0 aliphatic heterocycles. The predicted octanol–water partition coefficient (Wildman–Crippen LogP) is 3.44. The Labute approximate surface area is 192 Å². The molecule has 0 bridgehead atoms. The van der Waals surface area contributed by atoms with Crippen molar-refractivity contribution < 1.29 is 28.5 Å². The summed E-state index contributed by atoms with van der Waals surface area (Å²) in [6, 6.07) is 20.2. The van der Waals surface area contributed by atoms with Gasteiger partial charge in [0.2, 0.25) is 5.75 Å². The summed E-state index contributed by atoms with van der Waals surface area (Å²) in [4.78, 5) is 24.1. The van der Waals surface area contributed by atoms with Gasteiger partial charge in [-0.2, -0.15) is 0 Å². The van der Waals surface area contributed by atoms with E-state index in [1.807, 2.05) is 42.5 Å². The molecule has 3 rings (SSSR count). The Morgan fingerprint density at radius 3 is 2.12 bits per heavy atom. The van der Waals surface area contributed by atoms with E-state index in [1.165, 1.54) is 26.4 Å². The second-order valence-corrected chi connectivity index (χ2v) is 7.00. The maximum Gasteiger partial charge on any atom is 0.256 e. The molecule has 3 N–H and O–H groups in total. The maximum absolute atomic E-state index is 13.0. The van der Waals surface area contributed by atoms with E-state index in [4.69, 9.17) is 24.7 Å². The number of nitrogens with two attached hydrogens (primary N) is 1. The van der Waals surface area contributed by atoms with E-state index < -0.39 is 11.8 Å². The number of hydrogen-bond acceptors (Lipinski definition) is 6. The first-order chi connectivity index (χ1) is 16.0. The fraction of sp³-hybridized carbons (Fsp3) is 0.200. The normalized spacial score (nSPS) is 10.2. The van der Waals surface area contributed by atoms with Crippen molar-refractivity contribution in [3.05, 3.63) is 77.9 Å². The van der Waals surface area contributed by atoms with Gasteiger partial charge in [0.1, 0.15) is 5.75 Å². The number of methoxy groups -OCH3 is 2. The largest absolute Gasteiger partial charge is 0.493 e. The van der Waals surface area contributed by atoms with Crippen molar-refractivity contribution in [1.82, 2.24) is 0 Å². The van der Waals surface area contributed by atoms with E-state index in [0.29, 0.717) is 18.0 Å². The number of carbonyl (C=O) groups excluding carboxylic acids is 2. The first kappa shape index (κ1) is 23.5. The van der Waals surface area contributed by atoms with Gasteiger partial charge in [0, 0.05) is 12.0 Å². The first-order valence-electron chi connectivity index (χ1n) is 10.3. The molecule has 0 aromatic heterocycles. The third-order valence-electron chi connectivity index (χ3n) is 4.71. The van der Waals surface area contributed by atoms with Crippen LogP contribution in [0, 0.1) is 0 Å². The van der Waals surface area contributed by atoms with Crippen LogP contribution in [0.4, 0.5) is 5.69 Å². The highest BCUT2D eigenvalue weighted by Gasteiger charge is 2.19. The van der Waals surface area contributed by atoms with Gasteiger partial charge in [-0.05, 0) is 29.8 Å². The van der Waals surface area contributed by atoms with Crippen LogP contribution in [0.3, 0.4) is 0 Å².